The van der Waals surface area contributed by atoms with Gasteiger partial charge in [-0.2, -0.15) is 0 Å². The number of benzene rings is 3. The third-order valence-corrected chi connectivity index (χ3v) is 6.90. The van der Waals surface area contributed by atoms with Gasteiger partial charge in [-0.15, -0.1) is 0 Å². The number of carbonyl (C=O) groups excluding carboxylic acids is 2. The van der Waals surface area contributed by atoms with E-state index in [-0.39, 0.29) is 17.4 Å². The van der Waals surface area contributed by atoms with Crippen molar-refractivity contribution in [3.8, 4) is 5.75 Å². The van der Waals surface area contributed by atoms with Gasteiger partial charge in [0.25, 0.3) is 11.7 Å². The molecular weight excluding hydrogens is 438 g/mol. The average molecular weight is 468 g/mol. The highest BCUT2D eigenvalue weighted by atomic mass is 16.5. The zero-order chi connectivity index (χ0) is 24.5. The van der Waals surface area contributed by atoms with Crippen LogP contribution in [0.1, 0.15) is 47.7 Å². The lowest BCUT2D eigenvalue weighted by atomic mass is 9.93. The van der Waals surface area contributed by atoms with Gasteiger partial charge in [0.1, 0.15) is 17.6 Å². The Bertz CT molecular complexity index is 1290. The number of hydrogen-bond acceptors (Lipinski definition) is 4. The van der Waals surface area contributed by atoms with E-state index >= 15 is 0 Å². The van der Waals surface area contributed by atoms with Crippen molar-refractivity contribution in [1.82, 2.24) is 4.90 Å². The predicted molar refractivity (Wildman–Crippen MR) is 135 cm³/mol. The smallest absolute Gasteiger partial charge is 0.295 e. The fourth-order valence-corrected chi connectivity index (χ4v) is 5.01. The lowest BCUT2D eigenvalue weighted by molar-refractivity contribution is -0.139. The van der Waals surface area contributed by atoms with Crippen molar-refractivity contribution in [2.24, 2.45) is 0 Å². The molecule has 2 atom stereocenters. The molecule has 0 aliphatic carbocycles. The molecule has 178 valence electrons. The molecule has 1 saturated heterocycles. The van der Waals surface area contributed by atoms with Gasteiger partial charge in [-0.25, -0.2) is 0 Å². The maximum absolute atomic E-state index is 13.3. The van der Waals surface area contributed by atoms with Crippen LogP contribution in [0.25, 0.3) is 5.76 Å². The van der Waals surface area contributed by atoms with Crippen LogP contribution in [0.15, 0.2) is 78.4 Å². The van der Waals surface area contributed by atoms with Crippen LogP contribution in [-0.2, 0) is 28.9 Å². The van der Waals surface area contributed by atoms with E-state index in [9.17, 15) is 14.7 Å². The summed E-state index contributed by atoms with van der Waals surface area (Å²) in [6.07, 6.45) is 2.32. The van der Waals surface area contributed by atoms with Crippen LogP contribution in [0, 0.1) is 0 Å². The van der Waals surface area contributed by atoms with E-state index in [4.69, 9.17) is 4.74 Å². The number of aliphatic hydroxyl groups excluding tert-OH is 1. The number of ketones is 1. The van der Waals surface area contributed by atoms with Gasteiger partial charge < -0.3 is 14.7 Å². The molecule has 5 heteroatoms. The summed E-state index contributed by atoms with van der Waals surface area (Å²) in [4.78, 5) is 28.1. The number of aliphatic hydroxyl groups is 1. The molecule has 0 bridgehead atoms. The Hall–Kier alpha value is -3.86. The van der Waals surface area contributed by atoms with Gasteiger partial charge in [0, 0.05) is 18.5 Å². The largest absolute Gasteiger partial charge is 0.507 e. The van der Waals surface area contributed by atoms with Crippen LogP contribution >= 0.6 is 0 Å². The maximum atomic E-state index is 13.3. The van der Waals surface area contributed by atoms with E-state index in [1.54, 1.807) is 11.0 Å². The minimum Gasteiger partial charge on any atom is -0.507 e. The normalized spacial score (nSPS) is 20.7. The second-order valence-corrected chi connectivity index (χ2v) is 9.28. The minimum absolute atomic E-state index is 0.0723. The van der Waals surface area contributed by atoms with Crippen molar-refractivity contribution in [2.45, 2.75) is 45.3 Å². The zero-order valence-corrected chi connectivity index (χ0v) is 20.0. The van der Waals surface area contributed by atoms with E-state index < -0.39 is 17.7 Å². The molecule has 2 aliphatic heterocycles. The van der Waals surface area contributed by atoms with Gasteiger partial charge in [0.15, 0.2) is 0 Å². The van der Waals surface area contributed by atoms with Crippen molar-refractivity contribution in [3.63, 3.8) is 0 Å². The summed E-state index contributed by atoms with van der Waals surface area (Å²) in [5, 5.41) is 11.4. The molecule has 1 amide bonds. The summed E-state index contributed by atoms with van der Waals surface area (Å²) < 4.78 is 5.78. The molecule has 0 spiro atoms. The van der Waals surface area contributed by atoms with Gasteiger partial charge in [-0.1, -0.05) is 61.5 Å². The van der Waals surface area contributed by atoms with E-state index in [1.165, 1.54) is 5.56 Å². The number of likely N-dealkylation sites (tertiary alicyclic amines) is 1. The van der Waals surface area contributed by atoms with Crippen LogP contribution in [-0.4, -0.2) is 34.3 Å². The third kappa shape index (κ3) is 4.34. The predicted octanol–water partition coefficient (Wildman–Crippen LogP) is 5.24. The van der Waals surface area contributed by atoms with Gasteiger partial charge in [-0.3, -0.25) is 9.59 Å². The summed E-state index contributed by atoms with van der Waals surface area (Å²) in [7, 11) is 0. The second-order valence-electron chi connectivity index (χ2n) is 9.28. The summed E-state index contributed by atoms with van der Waals surface area (Å²) >= 11 is 0. The first-order valence-electron chi connectivity index (χ1n) is 12.2. The number of ether oxygens (including phenoxy) is 1. The number of rotatable bonds is 6. The van der Waals surface area contributed by atoms with Crippen LogP contribution in [0.2, 0.25) is 0 Å². The van der Waals surface area contributed by atoms with Gasteiger partial charge >= 0.3 is 0 Å². The molecule has 2 aliphatic rings. The van der Waals surface area contributed by atoms with Gasteiger partial charge in [0.05, 0.1) is 11.6 Å². The molecule has 5 rings (SSSR count). The summed E-state index contributed by atoms with van der Waals surface area (Å²) in [5.74, 6) is -0.572. The van der Waals surface area contributed by atoms with Crippen LogP contribution < -0.4 is 4.74 Å². The van der Waals surface area contributed by atoms with E-state index in [2.05, 4.69) is 6.92 Å². The zero-order valence-electron chi connectivity index (χ0n) is 20.0. The summed E-state index contributed by atoms with van der Waals surface area (Å²) in [6.45, 7) is 4.46. The Balaban J connectivity index is 1.57. The minimum atomic E-state index is -0.648. The van der Waals surface area contributed by atoms with Crippen molar-refractivity contribution in [1.29, 1.82) is 0 Å². The highest BCUT2D eigenvalue weighted by molar-refractivity contribution is 6.46. The fraction of sp³-hybridized carbons (Fsp3) is 0.267. The van der Waals surface area contributed by atoms with Gasteiger partial charge in [0.2, 0.25) is 0 Å². The molecule has 0 saturated carbocycles. The molecule has 5 nitrogen and oxygen atoms in total. The molecule has 0 radical (unpaired) electrons. The molecular formula is C30H29NO4. The highest BCUT2D eigenvalue weighted by Crippen LogP contribution is 2.40. The Morgan fingerprint density at radius 1 is 1.00 bits per heavy atom. The number of hydrogen-bond donors (Lipinski definition) is 1. The first-order valence-corrected chi connectivity index (χ1v) is 12.2. The van der Waals surface area contributed by atoms with Crippen LogP contribution in [0.4, 0.5) is 0 Å². The average Bonchev–Trinajstić information content (AvgIpc) is 3.38. The molecule has 1 N–H and O–H groups in total. The van der Waals surface area contributed by atoms with Crippen LogP contribution in [0.5, 0.6) is 5.75 Å². The van der Waals surface area contributed by atoms with Gasteiger partial charge in [-0.05, 0) is 60.2 Å². The first kappa shape index (κ1) is 22.9. The first-order chi connectivity index (χ1) is 17.0. The molecule has 3 aromatic carbocycles. The number of nitrogens with zero attached hydrogens (tertiary/aromatic N) is 1. The van der Waals surface area contributed by atoms with Crippen molar-refractivity contribution in [2.75, 3.05) is 6.54 Å². The topological polar surface area (TPSA) is 66.8 Å². The maximum Gasteiger partial charge on any atom is 0.295 e. The lowest BCUT2D eigenvalue weighted by Gasteiger charge is -2.25. The lowest BCUT2D eigenvalue weighted by Crippen LogP contribution is -2.31. The van der Waals surface area contributed by atoms with Crippen LogP contribution in [0.3, 0.4) is 0 Å². The molecule has 1 fully saturated rings. The molecule has 0 aromatic heterocycles. The molecule has 3 aromatic rings. The third-order valence-electron chi connectivity index (χ3n) is 6.90. The monoisotopic (exact) mass is 467 g/mol. The molecule has 0 unspecified atom stereocenters. The van der Waals surface area contributed by atoms with E-state index in [0.29, 0.717) is 18.5 Å². The number of amides is 1. The molecule has 35 heavy (non-hydrogen) atoms. The van der Waals surface area contributed by atoms with E-state index in [0.717, 1.165) is 35.3 Å². The van der Waals surface area contributed by atoms with Crippen molar-refractivity contribution in [3.05, 3.63) is 106 Å². The SMILES string of the molecule is CCc1ccc([C@@H]2C(=C(O)c3ccc4c(c3)C[C@@H](C)O4)C(=O)C(=O)N2CCc2ccccc2)cc1. The summed E-state index contributed by atoms with van der Waals surface area (Å²) in [5.41, 5.74) is 4.72. The number of carbonyl (C=O) groups is 2. The quantitative estimate of drug-likeness (QED) is 0.306. The van der Waals surface area contributed by atoms with Crippen molar-refractivity contribution >= 4 is 17.4 Å². The Morgan fingerprint density at radius 2 is 1.74 bits per heavy atom. The van der Waals surface area contributed by atoms with Crippen molar-refractivity contribution < 1.29 is 19.4 Å². The number of aryl methyl sites for hydroxylation is 1. The number of Topliss-reactive ketones (excluding diaryl/α,β-unsaturated/α-hetero) is 1. The Kier molecular flexibility index (Phi) is 6.16. The molecule has 2 heterocycles. The standard InChI is InChI=1S/C30H29NO4/c1-3-20-9-11-22(12-10-20)27-26(28(32)23-13-14-25-24(18-23)17-19(2)35-25)29(33)30(34)31(27)16-15-21-7-5-4-6-8-21/h4-14,18-19,27,32H,3,15-17H2,1-2H3/t19-,27-/m1/s1. The van der Waals surface area contributed by atoms with E-state index in [1.807, 2.05) is 73.7 Å². The fourth-order valence-electron chi connectivity index (χ4n) is 5.01. The Morgan fingerprint density at radius 3 is 2.46 bits per heavy atom. The number of fused-ring (bicyclic) bond motifs is 1. The highest BCUT2D eigenvalue weighted by Gasteiger charge is 2.45. The second kappa shape index (κ2) is 9.41. The Labute approximate surface area is 205 Å². The summed E-state index contributed by atoms with van der Waals surface area (Å²) in [6, 6.07) is 22.6.